The number of carboxylic acids is 1. The fourth-order valence-corrected chi connectivity index (χ4v) is 5.77. The number of hydrogen-bond donors (Lipinski definition) is 2. The van der Waals surface area contributed by atoms with Crippen LogP contribution in [0.25, 0.3) is 0 Å². The maximum Gasteiger partial charge on any atom is 1.00 e. The van der Waals surface area contributed by atoms with E-state index in [2.05, 4.69) is 10.6 Å². The first-order valence-electron chi connectivity index (χ1n) is 9.90. The quantitative estimate of drug-likeness (QED) is 0.258. The summed E-state index contributed by atoms with van der Waals surface area (Å²) in [5.74, 6) is -2.80. The van der Waals surface area contributed by atoms with Crippen LogP contribution in [-0.2, 0) is 14.4 Å². The molecule has 0 spiro atoms. The van der Waals surface area contributed by atoms with Gasteiger partial charge < -0.3 is 29.9 Å². The first-order valence-corrected chi connectivity index (χ1v) is 10.8. The molecule has 2 N–H and O–H groups in total. The smallest absolute Gasteiger partial charge is 0.548 e. The zero-order valence-electron chi connectivity index (χ0n) is 18.0. The molecule has 164 valence electrons. The van der Waals surface area contributed by atoms with Gasteiger partial charge in [-0.05, 0) is 44.4 Å². The topological polar surface area (TPSA) is 132 Å². The maximum atomic E-state index is 13.1. The van der Waals surface area contributed by atoms with E-state index >= 15 is 0 Å². The number of carbonyl (C=O) groups is 4. The number of carbonyl (C=O) groups excluding carboxylic acids is 4. The Morgan fingerprint density at radius 3 is 2.66 bits per heavy atom. The molecule has 2 saturated heterocycles. The molecule has 1 aliphatic carbocycles. The molecule has 2 aliphatic heterocycles. The van der Waals surface area contributed by atoms with Crippen molar-refractivity contribution in [1.82, 2.24) is 15.5 Å². The van der Waals surface area contributed by atoms with E-state index in [1.807, 2.05) is 18.2 Å². The van der Waals surface area contributed by atoms with E-state index in [4.69, 9.17) is 4.42 Å². The van der Waals surface area contributed by atoms with E-state index in [9.17, 15) is 24.3 Å². The fourth-order valence-electron chi connectivity index (χ4n) is 4.15. The van der Waals surface area contributed by atoms with Crippen LogP contribution in [0, 0.1) is 0 Å². The van der Waals surface area contributed by atoms with Crippen molar-refractivity contribution in [3.8, 4) is 0 Å². The number of aliphatic carboxylic acids is 1. The molecule has 9 nitrogen and oxygen atoms in total. The van der Waals surface area contributed by atoms with Crippen LogP contribution in [-0.4, -0.2) is 56.8 Å². The average Bonchev–Trinajstić information content (AvgIpc) is 3.35. The molecule has 2 fully saturated rings. The van der Waals surface area contributed by atoms with E-state index < -0.39 is 51.9 Å². The summed E-state index contributed by atoms with van der Waals surface area (Å²) in [6, 6.07) is 0.138. The molecule has 0 aromatic carbocycles. The minimum atomic E-state index is -1.32. The van der Waals surface area contributed by atoms with Crippen molar-refractivity contribution in [1.29, 1.82) is 0 Å². The molecule has 3 amide bonds. The maximum absolute atomic E-state index is 13.1. The number of thioether (sulfide) groups is 1. The third-order valence-corrected chi connectivity index (χ3v) is 7.22. The van der Waals surface area contributed by atoms with Gasteiger partial charge in [0.15, 0.2) is 5.76 Å². The summed E-state index contributed by atoms with van der Waals surface area (Å²) in [6.07, 6.45) is 8.20. The van der Waals surface area contributed by atoms with Gasteiger partial charge in [-0.15, -0.1) is 11.8 Å². The van der Waals surface area contributed by atoms with Crippen LogP contribution in [0.2, 0.25) is 0 Å². The number of nitrogens with zero attached hydrogens (tertiary/aromatic N) is 1. The van der Waals surface area contributed by atoms with Crippen LogP contribution in [0.3, 0.4) is 0 Å². The van der Waals surface area contributed by atoms with Crippen molar-refractivity contribution in [2.24, 2.45) is 0 Å². The molecule has 11 heteroatoms. The predicted molar refractivity (Wildman–Crippen MR) is 109 cm³/mol. The van der Waals surface area contributed by atoms with Crippen molar-refractivity contribution in [2.75, 3.05) is 0 Å². The molecule has 1 aromatic rings. The number of nitrogens with one attached hydrogen (secondary N) is 2. The Hall–Kier alpha value is -2.01. The van der Waals surface area contributed by atoms with Gasteiger partial charge in [0.25, 0.3) is 5.91 Å². The van der Waals surface area contributed by atoms with Gasteiger partial charge in [0.05, 0.1) is 18.3 Å². The van der Waals surface area contributed by atoms with Gasteiger partial charge in [-0.3, -0.25) is 14.4 Å². The van der Waals surface area contributed by atoms with Crippen molar-refractivity contribution >= 4 is 35.5 Å². The van der Waals surface area contributed by atoms with Gasteiger partial charge in [-0.25, -0.2) is 0 Å². The first kappa shape index (κ1) is 24.6. The molecule has 3 aliphatic rings. The van der Waals surface area contributed by atoms with Crippen LogP contribution in [0.1, 0.15) is 37.2 Å². The zero-order chi connectivity index (χ0) is 22.3. The third kappa shape index (κ3) is 4.41. The third-order valence-electron chi connectivity index (χ3n) is 5.65. The summed E-state index contributed by atoms with van der Waals surface area (Å²) < 4.78 is 4.36. The molecule has 2 unspecified atom stereocenters. The number of rotatable bonds is 6. The van der Waals surface area contributed by atoms with Crippen LogP contribution < -0.4 is 45.3 Å². The number of fused-ring (bicyclic) bond motifs is 1. The molecule has 1 aromatic heterocycles. The minimum Gasteiger partial charge on any atom is -0.548 e. The minimum absolute atomic E-state index is 0. The number of carboxylic acid groups (broad SMARTS) is 1. The number of β-lactam (4-membered cyclic amide) rings is 1. The summed E-state index contributed by atoms with van der Waals surface area (Å²) in [7, 11) is 0. The van der Waals surface area contributed by atoms with Gasteiger partial charge in [0, 0.05) is 4.75 Å². The first-order chi connectivity index (χ1) is 14.7. The van der Waals surface area contributed by atoms with Crippen molar-refractivity contribution < 1.29 is 58.3 Å². The normalized spacial score (nSPS) is 26.2. The Labute approximate surface area is 211 Å². The zero-order valence-corrected chi connectivity index (χ0v) is 20.8. The number of furan rings is 1. The number of hydrogen-bond acceptors (Lipinski definition) is 7. The largest absolute Gasteiger partial charge is 1.00 e. The summed E-state index contributed by atoms with van der Waals surface area (Å²) in [6.45, 7) is 3.46. The fraction of sp³-hybridized carbons (Fsp3) is 0.429. The average molecular weight is 467 g/mol. The Kier molecular flexibility index (Phi) is 7.28. The standard InChI is InChI=1S/C21H23N3O6S.Na/c1-21(2)15(20(28)29)24-18(27)14(19(24)31-21)23-17(26)13(11-7-4-3-5-8-11)22-16(25)12-9-6-10-30-12;/h3-4,6,8-10,13-15,19H,5,7H2,1-2H3,(H,22,25)(H,23,26)(H,28,29);/q;+1/p-1/t13?,14?,15-,19+;/m0./s1. The van der Waals surface area contributed by atoms with Crippen LogP contribution in [0.4, 0.5) is 0 Å². The summed E-state index contributed by atoms with van der Waals surface area (Å²) in [5.41, 5.74) is 0.704. The van der Waals surface area contributed by atoms with Crippen molar-refractivity contribution in [3.05, 3.63) is 48.0 Å². The second-order valence-corrected chi connectivity index (χ2v) is 9.91. The summed E-state index contributed by atoms with van der Waals surface area (Å²) in [4.78, 5) is 51.1. The van der Waals surface area contributed by atoms with Crippen molar-refractivity contribution in [3.63, 3.8) is 0 Å². The Morgan fingerprint density at radius 1 is 1.31 bits per heavy atom. The molecule has 0 radical (unpaired) electrons. The van der Waals surface area contributed by atoms with Gasteiger partial charge in [-0.1, -0.05) is 18.2 Å². The molecular formula is C21H22N3NaO6S. The molecule has 4 atom stereocenters. The Bertz CT molecular complexity index is 990. The van der Waals surface area contributed by atoms with E-state index in [1.54, 1.807) is 19.9 Å². The van der Waals surface area contributed by atoms with Crippen molar-refractivity contribution in [2.45, 2.75) is 54.9 Å². The van der Waals surface area contributed by atoms with Crippen LogP contribution >= 0.6 is 11.8 Å². The molecule has 32 heavy (non-hydrogen) atoms. The van der Waals surface area contributed by atoms with Gasteiger partial charge in [0.2, 0.25) is 11.8 Å². The summed E-state index contributed by atoms with van der Waals surface area (Å²) in [5, 5.41) is 16.4. The second kappa shape index (κ2) is 9.46. The van der Waals surface area contributed by atoms with Crippen LogP contribution in [0.5, 0.6) is 0 Å². The van der Waals surface area contributed by atoms with E-state index in [0.717, 1.165) is 0 Å². The summed E-state index contributed by atoms with van der Waals surface area (Å²) >= 11 is 1.31. The number of allylic oxidation sites excluding steroid dienone is 3. The predicted octanol–water partition coefficient (Wildman–Crippen LogP) is -3.04. The van der Waals surface area contributed by atoms with E-state index in [1.165, 1.54) is 29.0 Å². The molecule has 3 heterocycles. The van der Waals surface area contributed by atoms with E-state index in [0.29, 0.717) is 18.4 Å². The van der Waals surface area contributed by atoms with Gasteiger partial charge in [0.1, 0.15) is 17.5 Å². The molecule has 0 bridgehead atoms. The van der Waals surface area contributed by atoms with E-state index in [-0.39, 0.29) is 35.3 Å². The molecular weight excluding hydrogens is 445 g/mol. The SMILES string of the molecule is CC1(C)S[C@@H]2C(NC(=O)C(NC(=O)c3ccco3)C3=CCC=CC3)C(=O)N2[C@H]1C(=O)[O-].[Na+]. The Balaban J connectivity index is 0.00000289. The Morgan fingerprint density at radius 2 is 2.06 bits per heavy atom. The number of amides is 3. The molecule has 4 rings (SSSR count). The van der Waals surface area contributed by atoms with Crippen LogP contribution in [0.15, 0.2) is 46.6 Å². The molecule has 0 saturated carbocycles. The van der Waals surface area contributed by atoms with Gasteiger partial charge in [-0.2, -0.15) is 0 Å². The monoisotopic (exact) mass is 467 g/mol. The second-order valence-electron chi connectivity index (χ2n) is 8.14. The van der Waals surface area contributed by atoms with Gasteiger partial charge >= 0.3 is 29.6 Å².